The third kappa shape index (κ3) is 1.55. The van der Waals surface area contributed by atoms with Gasteiger partial charge < -0.3 is 5.32 Å². The second-order valence-corrected chi connectivity index (χ2v) is 6.46. The molecule has 15 heavy (non-hydrogen) atoms. The van der Waals surface area contributed by atoms with Crippen LogP contribution in [0.15, 0.2) is 11.4 Å². The molecule has 0 aromatic carbocycles. The zero-order valence-electron chi connectivity index (χ0n) is 9.55. The van der Waals surface area contributed by atoms with Crippen molar-refractivity contribution in [3.05, 3.63) is 21.9 Å². The highest BCUT2D eigenvalue weighted by atomic mass is 32.1. The van der Waals surface area contributed by atoms with E-state index in [9.17, 15) is 0 Å². The monoisotopic (exact) mass is 221 g/mol. The van der Waals surface area contributed by atoms with Crippen molar-refractivity contribution in [2.45, 2.75) is 44.6 Å². The molecule has 1 aliphatic heterocycles. The molecule has 2 heteroatoms. The molecule has 1 spiro atoms. The van der Waals surface area contributed by atoms with Gasteiger partial charge in [0.25, 0.3) is 0 Å². The fourth-order valence-electron chi connectivity index (χ4n) is 2.77. The van der Waals surface area contributed by atoms with Crippen molar-refractivity contribution in [1.82, 2.24) is 5.32 Å². The van der Waals surface area contributed by atoms with E-state index in [1.165, 1.54) is 25.8 Å². The van der Waals surface area contributed by atoms with E-state index in [1.54, 1.807) is 10.4 Å². The highest BCUT2D eigenvalue weighted by Gasteiger charge is 2.49. The number of hydrogen-bond donors (Lipinski definition) is 1. The van der Waals surface area contributed by atoms with Gasteiger partial charge in [0.15, 0.2) is 0 Å². The molecule has 1 fully saturated rings. The van der Waals surface area contributed by atoms with Gasteiger partial charge in [0.1, 0.15) is 0 Å². The summed E-state index contributed by atoms with van der Waals surface area (Å²) in [6, 6.07) is 2.97. The maximum Gasteiger partial charge on any atom is 0.0334 e. The number of rotatable bonds is 2. The van der Waals surface area contributed by atoms with Gasteiger partial charge in [-0.15, -0.1) is 11.3 Å². The normalized spacial score (nSPS) is 27.0. The first-order chi connectivity index (χ1) is 7.21. The van der Waals surface area contributed by atoms with E-state index in [0.29, 0.717) is 11.5 Å². The van der Waals surface area contributed by atoms with E-state index < -0.39 is 0 Å². The second-order valence-electron chi connectivity index (χ2n) is 5.55. The van der Waals surface area contributed by atoms with Crippen molar-refractivity contribution in [3.63, 3.8) is 0 Å². The molecule has 82 valence electrons. The lowest BCUT2D eigenvalue weighted by atomic mass is 9.88. The third-order valence-corrected chi connectivity index (χ3v) is 4.98. The number of fused-ring (bicyclic) bond motifs is 2. The van der Waals surface area contributed by atoms with Crippen molar-refractivity contribution >= 4 is 11.3 Å². The number of nitrogens with one attached hydrogen (secondary N) is 1. The summed E-state index contributed by atoms with van der Waals surface area (Å²) in [4.78, 5) is 1.70. The van der Waals surface area contributed by atoms with Gasteiger partial charge >= 0.3 is 0 Å². The van der Waals surface area contributed by atoms with Crippen LogP contribution >= 0.6 is 11.3 Å². The van der Waals surface area contributed by atoms with Gasteiger partial charge in [0.05, 0.1) is 0 Å². The SMILES string of the molecule is CC(C)CC1NCC2(CC2)c2sccc21. The van der Waals surface area contributed by atoms with E-state index in [2.05, 4.69) is 30.6 Å². The van der Waals surface area contributed by atoms with Crippen LogP contribution in [0.4, 0.5) is 0 Å². The lowest BCUT2D eigenvalue weighted by molar-refractivity contribution is 0.386. The molecule has 1 unspecified atom stereocenters. The van der Waals surface area contributed by atoms with Crippen LogP contribution in [0.1, 0.15) is 49.6 Å². The summed E-state index contributed by atoms with van der Waals surface area (Å²) in [6.07, 6.45) is 4.09. The summed E-state index contributed by atoms with van der Waals surface area (Å²) >= 11 is 1.99. The minimum atomic E-state index is 0.566. The Morgan fingerprint density at radius 2 is 2.33 bits per heavy atom. The fraction of sp³-hybridized carbons (Fsp3) is 0.692. The van der Waals surface area contributed by atoms with Gasteiger partial charge in [-0.3, -0.25) is 0 Å². The highest BCUT2D eigenvalue weighted by Crippen LogP contribution is 2.54. The molecule has 3 rings (SSSR count). The molecule has 2 heterocycles. The van der Waals surface area contributed by atoms with Crippen LogP contribution in [0.25, 0.3) is 0 Å². The molecule has 1 aromatic rings. The van der Waals surface area contributed by atoms with Crippen molar-refractivity contribution in [2.24, 2.45) is 5.92 Å². The van der Waals surface area contributed by atoms with Crippen LogP contribution in [-0.4, -0.2) is 6.54 Å². The van der Waals surface area contributed by atoms with E-state index in [0.717, 1.165) is 5.92 Å². The summed E-state index contributed by atoms with van der Waals surface area (Å²) in [5, 5.41) is 6.03. The van der Waals surface area contributed by atoms with Gasteiger partial charge in [-0.05, 0) is 42.2 Å². The van der Waals surface area contributed by atoms with Crippen molar-refractivity contribution in [3.8, 4) is 0 Å². The molecule has 0 amide bonds. The van der Waals surface area contributed by atoms with Gasteiger partial charge in [0, 0.05) is 22.9 Å². The maximum atomic E-state index is 3.75. The first-order valence-corrected chi connectivity index (χ1v) is 6.90. The minimum absolute atomic E-state index is 0.566. The Balaban J connectivity index is 1.91. The molecular weight excluding hydrogens is 202 g/mol. The smallest absolute Gasteiger partial charge is 0.0334 e. The highest BCUT2D eigenvalue weighted by molar-refractivity contribution is 7.10. The van der Waals surface area contributed by atoms with Crippen LogP contribution in [0.2, 0.25) is 0 Å². The van der Waals surface area contributed by atoms with Crippen molar-refractivity contribution in [2.75, 3.05) is 6.54 Å². The molecule has 0 radical (unpaired) electrons. The standard InChI is InChI=1S/C13H19NS/c1-9(2)7-11-10-3-6-15-12(10)13(4-5-13)8-14-11/h3,6,9,11,14H,4-5,7-8H2,1-2H3. The molecule has 1 N–H and O–H groups in total. The molecule has 0 saturated heterocycles. The summed E-state index contributed by atoms with van der Waals surface area (Å²) in [7, 11) is 0. The molecular formula is C13H19NS. The maximum absolute atomic E-state index is 3.75. The van der Waals surface area contributed by atoms with Gasteiger partial charge in [-0.1, -0.05) is 13.8 Å². The lowest BCUT2D eigenvalue weighted by Crippen LogP contribution is -2.36. The van der Waals surface area contributed by atoms with E-state index in [1.807, 2.05) is 11.3 Å². The molecule has 1 aliphatic carbocycles. The van der Waals surface area contributed by atoms with Crippen molar-refractivity contribution in [1.29, 1.82) is 0 Å². The van der Waals surface area contributed by atoms with Gasteiger partial charge in [-0.25, -0.2) is 0 Å². The fourth-order valence-corrected chi connectivity index (χ4v) is 3.99. The van der Waals surface area contributed by atoms with Gasteiger partial charge in [-0.2, -0.15) is 0 Å². The zero-order valence-corrected chi connectivity index (χ0v) is 10.4. The van der Waals surface area contributed by atoms with Crippen LogP contribution in [0, 0.1) is 5.92 Å². The Morgan fingerprint density at radius 1 is 1.53 bits per heavy atom. The van der Waals surface area contributed by atoms with Gasteiger partial charge in [0.2, 0.25) is 0 Å². The van der Waals surface area contributed by atoms with Crippen LogP contribution in [0.3, 0.4) is 0 Å². The minimum Gasteiger partial charge on any atom is -0.309 e. The van der Waals surface area contributed by atoms with Crippen LogP contribution < -0.4 is 5.32 Å². The Labute approximate surface area is 95.9 Å². The first kappa shape index (κ1) is 9.86. The van der Waals surface area contributed by atoms with Crippen LogP contribution in [-0.2, 0) is 5.41 Å². The topological polar surface area (TPSA) is 12.0 Å². The van der Waals surface area contributed by atoms with E-state index >= 15 is 0 Å². The predicted octanol–water partition coefficient (Wildman–Crippen LogP) is 3.47. The Bertz CT molecular complexity index is 362. The summed E-state index contributed by atoms with van der Waals surface area (Å²) in [5.74, 6) is 0.781. The summed E-state index contributed by atoms with van der Waals surface area (Å²) in [6.45, 7) is 5.85. The van der Waals surface area contributed by atoms with E-state index in [4.69, 9.17) is 0 Å². The molecule has 0 bridgehead atoms. The molecule has 1 atom stereocenters. The molecule has 1 aromatic heterocycles. The average Bonchev–Trinajstić information content (AvgIpc) is 2.77. The number of thiophene rings is 1. The molecule has 1 nitrogen and oxygen atoms in total. The predicted molar refractivity (Wildman–Crippen MR) is 65.4 cm³/mol. The lowest BCUT2D eigenvalue weighted by Gasteiger charge is -2.31. The zero-order chi connectivity index (χ0) is 10.5. The molecule has 1 saturated carbocycles. The Morgan fingerprint density at radius 3 is 3.00 bits per heavy atom. The first-order valence-electron chi connectivity index (χ1n) is 6.02. The second kappa shape index (κ2) is 3.33. The van der Waals surface area contributed by atoms with Crippen LogP contribution in [0.5, 0.6) is 0 Å². The Hall–Kier alpha value is -0.340. The van der Waals surface area contributed by atoms with Crippen molar-refractivity contribution < 1.29 is 0 Å². The van der Waals surface area contributed by atoms with E-state index in [-0.39, 0.29) is 0 Å². The summed E-state index contributed by atoms with van der Waals surface area (Å²) < 4.78 is 0. The largest absolute Gasteiger partial charge is 0.309 e. The number of hydrogen-bond acceptors (Lipinski definition) is 2. The quantitative estimate of drug-likeness (QED) is 0.806. The third-order valence-electron chi connectivity index (χ3n) is 3.80. The Kier molecular flexibility index (Phi) is 2.18. The summed E-state index contributed by atoms with van der Waals surface area (Å²) in [5.41, 5.74) is 2.18. The molecule has 2 aliphatic rings. The average molecular weight is 221 g/mol.